The molecule has 5 heteroatoms. The minimum absolute atomic E-state index is 0.492. The zero-order valence-electron chi connectivity index (χ0n) is 11.9. The highest BCUT2D eigenvalue weighted by Gasteiger charge is 2.36. The second kappa shape index (κ2) is 6.60. The molecule has 1 fully saturated rings. The minimum Gasteiger partial charge on any atom is -0.347 e. The van der Waals surface area contributed by atoms with Crippen LogP contribution in [0.25, 0.3) is 0 Å². The molecule has 2 aromatic rings. The van der Waals surface area contributed by atoms with E-state index in [1.54, 1.807) is 6.20 Å². The second-order valence-electron chi connectivity index (χ2n) is 5.31. The molecule has 0 saturated carbocycles. The zero-order valence-corrected chi connectivity index (χ0v) is 12.6. The van der Waals surface area contributed by atoms with Gasteiger partial charge in [0, 0.05) is 36.8 Å². The predicted octanol–water partition coefficient (Wildman–Crippen LogP) is 3.30. The summed E-state index contributed by atoms with van der Waals surface area (Å²) in [6.45, 7) is 2.26. The first-order chi connectivity index (χ1) is 10.3. The van der Waals surface area contributed by atoms with Gasteiger partial charge >= 0.3 is 0 Å². The van der Waals surface area contributed by atoms with E-state index in [9.17, 15) is 0 Å². The van der Waals surface area contributed by atoms with Crippen LogP contribution in [0.1, 0.15) is 18.4 Å². The fourth-order valence-corrected chi connectivity index (χ4v) is 2.82. The van der Waals surface area contributed by atoms with Crippen LogP contribution in [0.4, 0.5) is 0 Å². The van der Waals surface area contributed by atoms with Crippen molar-refractivity contribution in [2.24, 2.45) is 0 Å². The third kappa shape index (κ3) is 3.84. The van der Waals surface area contributed by atoms with Crippen molar-refractivity contribution in [3.05, 3.63) is 53.6 Å². The number of benzene rings is 1. The van der Waals surface area contributed by atoms with E-state index in [1.807, 2.05) is 36.8 Å². The van der Waals surface area contributed by atoms with Crippen molar-refractivity contribution in [2.75, 3.05) is 13.2 Å². The molecule has 1 saturated heterocycles. The highest BCUT2D eigenvalue weighted by atomic mass is 35.5. The second-order valence-corrected chi connectivity index (χ2v) is 5.75. The lowest BCUT2D eigenvalue weighted by Crippen LogP contribution is -2.33. The van der Waals surface area contributed by atoms with Gasteiger partial charge in [-0.05, 0) is 24.1 Å². The van der Waals surface area contributed by atoms with E-state index < -0.39 is 5.79 Å². The average molecular weight is 307 g/mol. The van der Waals surface area contributed by atoms with Crippen molar-refractivity contribution in [3.8, 4) is 0 Å². The van der Waals surface area contributed by atoms with E-state index in [2.05, 4.69) is 9.55 Å². The number of hydrogen-bond acceptors (Lipinski definition) is 3. The Bertz CT molecular complexity index is 548. The van der Waals surface area contributed by atoms with Crippen molar-refractivity contribution < 1.29 is 9.47 Å². The molecule has 2 heterocycles. The molecule has 4 nitrogen and oxygen atoms in total. The van der Waals surface area contributed by atoms with Gasteiger partial charge in [0.05, 0.1) is 19.5 Å². The van der Waals surface area contributed by atoms with Crippen LogP contribution in [0.15, 0.2) is 43.0 Å². The van der Waals surface area contributed by atoms with Crippen LogP contribution in [0.2, 0.25) is 5.02 Å². The Kier molecular flexibility index (Phi) is 4.58. The predicted molar refractivity (Wildman–Crippen MR) is 81.3 cm³/mol. The van der Waals surface area contributed by atoms with Gasteiger partial charge in [0.25, 0.3) is 0 Å². The van der Waals surface area contributed by atoms with Crippen LogP contribution in [0, 0.1) is 0 Å². The molecule has 112 valence electrons. The summed E-state index contributed by atoms with van der Waals surface area (Å²) in [4.78, 5) is 4.05. The van der Waals surface area contributed by atoms with E-state index in [4.69, 9.17) is 21.1 Å². The SMILES string of the molecule is Clc1ccc(CC2(CCCn3ccnc3)OCCO2)cc1. The summed E-state index contributed by atoms with van der Waals surface area (Å²) < 4.78 is 13.9. The van der Waals surface area contributed by atoms with Crippen molar-refractivity contribution in [3.63, 3.8) is 0 Å². The summed E-state index contributed by atoms with van der Waals surface area (Å²) in [5.41, 5.74) is 1.18. The van der Waals surface area contributed by atoms with Gasteiger partial charge in [-0.15, -0.1) is 0 Å². The smallest absolute Gasteiger partial charge is 0.172 e. The van der Waals surface area contributed by atoms with E-state index in [-0.39, 0.29) is 0 Å². The molecule has 0 spiro atoms. The Morgan fingerprint density at radius 1 is 1.19 bits per heavy atom. The summed E-state index contributed by atoms with van der Waals surface area (Å²) in [6, 6.07) is 7.88. The Hall–Kier alpha value is -1.36. The number of hydrogen-bond donors (Lipinski definition) is 0. The number of ether oxygens (including phenoxy) is 2. The molecular formula is C16H19ClN2O2. The largest absolute Gasteiger partial charge is 0.347 e. The molecule has 0 bridgehead atoms. The first-order valence-corrected chi connectivity index (χ1v) is 7.62. The molecule has 1 aromatic heterocycles. The van der Waals surface area contributed by atoms with E-state index in [0.29, 0.717) is 13.2 Å². The topological polar surface area (TPSA) is 36.3 Å². The van der Waals surface area contributed by atoms with Gasteiger partial charge in [0.2, 0.25) is 0 Å². The molecule has 0 amide bonds. The van der Waals surface area contributed by atoms with Crippen LogP contribution in [0.3, 0.4) is 0 Å². The molecule has 0 N–H and O–H groups in total. The standard InChI is InChI=1S/C16H19ClN2O2/c17-15-4-2-14(3-5-15)12-16(20-10-11-21-16)6-1-8-19-9-7-18-13-19/h2-5,7,9,13H,1,6,8,10-12H2. The summed E-state index contributed by atoms with van der Waals surface area (Å²) >= 11 is 5.93. The molecule has 0 unspecified atom stereocenters. The lowest BCUT2D eigenvalue weighted by Gasteiger charge is -2.27. The summed E-state index contributed by atoms with van der Waals surface area (Å²) in [7, 11) is 0. The maximum absolute atomic E-state index is 5.93. The molecule has 1 aliphatic heterocycles. The third-order valence-electron chi connectivity index (χ3n) is 3.73. The van der Waals surface area contributed by atoms with Crippen LogP contribution in [0.5, 0.6) is 0 Å². The van der Waals surface area contributed by atoms with Gasteiger partial charge in [-0.25, -0.2) is 4.98 Å². The maximum Gasteiger partial charge on any atom is 0.172 e. The Balaban J connectivity index is 1.60. The quantitative estimate of drug-likeness (QED) is 0.821. The van der Waals surface area contributed by atoms with E-state index in [0.717, 1.165) is 30.8 Å². The van der Waals surface area contributed by atoms with Crippen molar-refractivity contribution in [1.82, 2.24) is 9.55 Å². The van der Waals surface area contributed by atoms with Gasteiger partial charge in [-0.2, -0.15) is 0 Å². The average Bonchev–Trinajstić information content (AvgIpc) is 3.14. The van der Waals surface area contributed by atoms with Gasteiger partial charge in [-0.3, -0.25) is 0 Å². The van der Waals surface area contributed by atoms with Crippen LogP contribution in [-0.4, -0.2) is 28.6 Å². The summed E-state index contributed by atoms with van der Waals surface area (Å²) in [6.07, 6.45) is 8.22. The van der Waals surface area contributed by atoms with Crippen LogP contribution in [-0.2, 0) is 22.4 Å². The van der Waals surface area contributed by atoms with Gasteiger partial charge in [0.15, 0.2) is 5.79 Å². The third-order valence-corrected chi connectivity index (χ3v) is 3.99. The normalized spacial score (nSPS) is 17.2. The lowest BCUT2D eigenvalue weighted by molar-refractivity contribution is -0.162. The molecule has 1 aliphatic rings. The van der Waals surface area contributed by atoms with Crippen LogP contribution < -0.4 is 0 Å². The van der Waals surface area contributed by atoms with E-state index >= 15 is 0 Å². The molecule has 1 aromatic carbocycles. The lowest BCUT2D eigenvalue weighted by atomic mass is 10.0. The highest BCUT2D eigenvalue weighted by Crippen LogP contribution is 2.30. The first kappa shape index (κ1) is 14.6. The van der Waals surface area contributed by atoms with Gasteiger partial charge in [-0.1, -0.05) is 23.7 Å². The summed E-state index contributed by atoms with van der Waals surface area (Å²) in [5, 5.41) is 0.751. The molecule has 0 aliphatic carbocycles. The summed E-state index contributed by atoms with van der Waals surface area (Å²) in [5.74, 6) is -0.492. The Morgan fingerprint density at radius 2 is 1.95 bits per heavy atom. The van der Waals surface area contributed by atoms with Crippen molar-refractivity contribution in [2.45, 2.75) is 31.6 Å². The zero-order chi connectivity index (χ0) is 14.5. The number of halogens is 1. The van der Waals surface area contributed by atoms with Crippen molar-refractivity contribution in [1.29, 1.82) is 0 Å². The number of rotatable bonds is 6. The highest BCUT2D eigenvalue weighted by molar-refractivity contribution is 6.30. The molecular weight excluding hydrogens is 288 g/mol. The number of imidazole rings is 1. The molecule has 3 rings (SSSR count). The number of nitrogens with zero attached hydrogens (tertiary/aromatic N) is 2. The molecule has 21 heavy (non-hydrogen) atoms. The van der Waals surface area contributed by atoms with Gasteiger partial charge in [0.1, 0.15) is 0 Å². The van der Waals surface area contributed by atoms with Gasteiger partial charge < -0.3 is 14.0 Å². The Morgan fingerprint density at radius 3 is 2.62 bits per heavy atom. The maximum atomic E-state index is 5.93. The monoisotopic (exact) mass is 306 g/mol. The fraction of sp³-hybridized carbons (Fsp3) is 0.438. The fourth-order valence-electron chi connectivity index (χ4n) is 2.70. The van der Waals surface area contributed by atoms with Crippen LogP contribution >= 0.6 is 11.6 Å². The number of aryl methyl sites for hydroxylation is 1. The van der Waals surface area contributed by atoms with E-state index in [1.165, 1.54) is 5.56 Å². The number of aromatic nitrogens is 2. The molecule has 0 atom stereocenters. The molecule has 0 radical (unpaired) electrons. The Labute approximate surface area is 129 Å². The van der Waals surface area contributed by atoms with Crippen molar-refractivity contribution >= 4 is 11.6 Å². The minimum atomic E-state index is -0.492. The first-order valence-electron chi connectivity index (χ1n) is 7.24.